The van der Waals surface area contributed by atoms with Crippen molar-refractivity contribution in [3.63, 3.8) is 0 Å². The van der Waals surface area contributed by atoms with E-state index in [1.165, 1.54) is 31.2 Å². The van der Waals surface area contributed by atoms with Gasteiger partial charge in [0.1, 0.15) is 0 Å². The predicted octanol–water partition coefficient (Wildman–Crippen LogP) is 4.50. The third kappa shape index (κ3) is 3.62. The van der Waals surface area contributed by atoms with E-state index < -0.39 is 0 Å². The fourth-order valence-electron chi connectivity index (χ4n) is 2.80. The van der Waals surface area contributed by atoms with Gasteiger partial charge in [0, 0.05) is 5.92 Å². The van der Waals surface area contributed by atoms with Gasteiger partial charge in [0.05, 0.1) is 5.76 Å². The predicted molar refractivity (Wildman–Crippen MR) is 72.0 cm³/mol. The van der Waals surface area contributed by atoms with Crippen molar-refractivity contribution in [2.45, 2.75) is 38.5 Å². The molecular weight excluding hydrogens is 208 g/mol. The minimum Gasteiger partial charge on any atom is -0.513 e. The molecule has 1 aromatic carbocycles. The highest BCUT2D eigenvalue weighted by Gasteiger charge is 2.22. The van der Waals surface area contributed by atoms with Crippen molar-refractivity contribution in [2.75, 3.05) is 0 Å². The van der Waals surface area contributed by atoms with E-state index in [0.717, 1.165) is 18.8 Å². The SMILES string of the molecule is C=C(O)C1CCC(CCc2ccccc2)CC1. The Morgan fingerprint density at radius 3 is 2.35 bits per heavy atom. The highest BCUT2D eigenvalue weighted by atomic mass is 16.3. The summed E-state index contributed by atoms with van der Waals surface area (Å²) in [7, 11) is 0. The second-order valence-electron chi connectivity index (χ2n) is 5.23. The first-order chi connectivity index (χ1) is 8.25. The summed E-state index contributed by atoms with van der Waals surface area (Å²) in [5.41, 5.74) is 1.45. The molecule has 0 saturated heterocycles. The van der Waals surface area contributed by atoms with Crippen molar-refractivity contribution in [1.29, 1.82) is 0 Å². The molecule has 1 N–H and O–H groups in total. The van der Waals surface area contributed by atoms with E-state index in [9.17, 15) is 5.11 Å². The summed E-state index contributed by atoms with van der Waals surface area (Å²) in [4.78, 5) is 0. The molecule has 0 unspecified atom stereocenters. The van der Waals surface area contributed by atoms with Gasteiger partial charge in [-0.05, 0) is 50.0 Å². The number of allylic oxidation sites excluding steroid dienone is 1. The van der Waals surface area contributed by atoms with Crippen LogP contribution in [-0.2, 0) is 6.42 Å². The minimum absolute atomic E-state index is 0.364. The van der Waals surface area contributed by atoms with Gasteiger partial charge in [-0.3, -0.25) is 0 Å². The molecule has 0 atom stereocenters. The van der Waals surface area contributed by atoms with E-state index in [1.807, 2.05) is 0 Å². The normalized spacial score (nSPS) is 24.5. The van der Waals surface area contributed by atoms with Crippen molar-refractivity contribution in [2.24, 2.45) is 11.8 Å². The molecule has 0 spiro atoms. The van der Waals surface area contributed by atoms with Crippen molar-refractivity contribution in [3.05, 3.63) is 48.2 Å². The molecule has 17 heavy (non-hydrogen) atoms. The van der Waals surface area contributed by atoms with Gasteiger partial charge in [-0.2, -0.15) is 0 Å². The molecule has 2 rings (SSSR count). The molecule has 0 aromatic heterocycles. The van der Waals surface area contributed by atoms with E-state index in [1.54, 1.807) is 0 Å². The van der Waals surface area contributed by atoms with Crippen LogP contribution < -0.4 is 0 Å². The summed E-state index contributed by atoms with van der Waals surface area (Å²) in [6.07, 6.45) is 7.21. The van der Waals surface area contributed by atoms with Crippen LogP contribution >= 0.6 is 0 Å². The zero-order valence-corrected chi connectivity index (χ0v) is 10.4. The van der Waals surface area contributed by atoms with Gasteiger partial charge < -0.3 is 5.11 Å². The Hall–Kier alpha value is -1.24. The summed E-state index contributed by atoms with van der Waals surface area (Å²) >= 11 is 0. The third-order valence-corrected chi connectivity index (χ3v) is 4.00. The number of benzene rings is 1. The Bertz CT molecular complexity index is 347. The van der Waals surface area contributed by atoms with E-state index in [-0.39, 0.29) is 0 Å². The Morgan fingerprint density at radius 2 is 1.76 bits per heavy atom. The Balaban J connectivity index is 1.74. The number of hydrogen-bond acceptors (Lipinski definition) is 1. The number of rotatable bonds is 4. The summed E-state index contributed by atoms with van der Waals surface area (Å²) in [6.45, 7) is 3.65. The fraction of sp³-hybridized carbons (Fsp3) is 0.500. The minimum atomic E-state index is 0.364. The smallest absolute Gasteiger partial charge is 0.0881 e. The first-order valence-corrected chi connectivity index (χ1v) is 6.67. The van der Waals surface area contributed by atoms with Crippen LogP contribution in [0, 0.1) is 11.8 Å². The number of aryl methyl sites for hydroxylation is 1. The topological polar surface area (TPSA) is 20.2 Å². The lowest BCUT2D eigenvalue weighted by atomic mass is 9.79. The van der Waals surface area contributed by atoms with Gasteiger partial charge in [-0.1, -0.05) is 36.9 Å². The van der Waals surface area contributed by atoms with Crippen molar-refractivity contribution >= 4 is 0 Å². The number of aliphatic hydroxyl groups is 1. The maximum atomic E-state index is 9.38. The lowest BCUT2D eigenvalue weighted by Gasteiger charge is -2.27. The van der Waals surface area contributed by atoms with Crippen LogP contribution in [-0.4, -0.2) is 5.11 Å². The highest BCUT2D eigenvalue weighted by Crippen LogP contribution is 2.33. The lowest BCUT2D eigenvalue weighted by molar-refractivity contribution is 0.230. The van der Waals surface area contributed by atoms with Crippen LogP contribution in [0.2, 0.25) is 0 Å². The summed E-state index contributed by atoms with van der Waals surface area (Å²) in [5.74, 6) is 1.60. The van der Waals surface area contributed by atoms with Crippen molar-refractivity contribution in [1.82, 2.24) is 0 Å². The average molecular weight is 230 g/mol. The molecule has 1 nitrogen and oxygen atoms in total. The Labute approximate surface area is 104 Å². The maximum Gasteiger partial charge on any atom is 0.0881 e. The van der Waals surface area contributed by atoms with E-state index in [0.29, 0.717) is 11.7 Å². The van der Waals surface area contributed by atoms with Gasteiger partial charge >= 0.3 is 0 Å². The number of aliphatic hydroxyl groups excluding tert-OH is 1. The molecule has 1 fully saturated rings. The maximum absolute atomic E-state index is 9.38. The van der Waals surface area contributed by atoms with E-state index >= 15 is 0 Å². The van der Waals surface area contributed by atoms with Crippen molar-refractivity contribution < 1.29 is 5.11 Å². The van der Waals surface area contributed by atoms with Crippen LogP contribution in [0.25, 0.3) is 0 Å². The van der Waals surface area contributed by atoms with Gasteiger partial charge in [-0.25, -0.2) is 0 Å². The molecule has 1 aliphatic carbocycles. The van der Waals surface area contributed by atoms with E-state index in [2.05, 4.69) is 36.9 Å². The quantitative estimate of drug-likeness (QED) is 0.755. The fourth-order valence-corrected chi connectivity index (χ4v) is 2.80. The zero-order valence-electron chi connectivity index (χ0n) is 10.4. The van der Waals surface area contributed by atoms with Crippen LogP contribution in [0.15, 0.2) is 42.7 Å². The second kappa shape index (κ2) is 5.90. The molecule has 0 bridgehead atoms. The monoisotopic (exact) mass is 230 g/mol. The lowest BCUT2D eigenvalue weighted by Crippen LogP contribution is -2.16. The molecule has 1 aromatic rings. The first-order valence-electron chi connectivity index (χ1n) is 6.67. The standard InChI is InChI=1S/C16H22O/c1-13(17)16-11-9-15(10-12-16)8-7-14-5-3-2-4-6-14/h2-6,15-17H,1,7-12H2. The molecule has 1 saturated carbocycles. The first kappa shape index (κ1) is 12.2. The number of hydrogen-bond donors (Lipinski definition) is 1. The van der Waals surface area contributed by atoms with Crippen LogP contribution in [0.1, 0.15) is 37.7 Å². The van der Waals surface area contributed by atoms with E-state index in [4.69, 9.17) is 0 Å². The molecule has 1 aliphatic rings. The van der Waals surface area contributed by atoms with Gasteiger partial charge in [-0.15, -0.1) is 0 Å². The van der Waals surface area contributed by atoms with Crippen LogP contribution in [0.4, 0.5) is 0 Å². The average Bonchev–Trinajstić information content (AvgIpc) is 2.38. The molecule has 1 heteroatoms. The summed E-state index contributed by atoms with van der Waals surface area (Å²) in [5, 5.41) is 9.38. The summed E-state index contributed by atoms with van der Waals surface area (Å²) < 4.78 is 0. The second-order valence-corrected chi connectivity index (χ2v) is 5.23. The zero-order chi connectivity index (χ0) is 12.1. The molecule has 92 valence electrons. The molecule has 0 heterocycles. The highest BCUT2D eigenvalue weighted by molar-refractivity contribution is 5.14. The molecule has 0 aliphatic heterocycles. The molecular formula is C16H22O. The van der Waals surface area contributed by atoms with Gasteiger partial charge in [0.15, 0.2) is 0 Å². The third-order valence-electron chi connectivity index (χ3n) is 4.00. The van der Waals surface area contributed by atoms with Crippen LogP contribution in [0.3, 0.4) is 0 Å². The summed E-state index contributed by atoms with van der Waals surface area (Å²) in [6, 6.07) is 10.7. The van der Waals surface area contributed by atoms with Crippen molar-refractivity contribution in [3.8, 4) is 0 Å². The van der Waals surface area contributed by atoms with Crippen LogP contribution in [0.5, 0.6) is 0 Å². The van der Waals surface area contributed by atoms with Gasteiger partial charge in [0.2, 0.25) is 0 Å². The Morgan fingerprint density at radius 1 is 1.12 bits per heavy atom. The molecule has 0 radical (unpaired) electrons. The molecule has 0 amide bonds. The van der Waals surface area contributed by atoms with Gasteiger partial charge in [0.25, 0.3) is 0 Å². The largest absolute Gasteiger partial charge is 0.513 e. The Kier molecular flexibility index (Phi) is 4.24.